The molecular weight excluding hydrogens is 478 g/mol. The van der Waals surface area contributed by atoms with Gasteiger partial charge in [0, 0.05) is 27.6 Å². The molecule has 3 aromatic heterocycles. The van der Waals surface area contributed by atoms with E-state index in [1.807, 2.05) is 41.5 Å². The van der Waals surface area contributed by atoms with Crippen LogP contribution >= 0.6 is 23.2 Å². The fraction of sp³-hybridized carbons (Fsp3) is 0.421. The third kappa shape index (κ3) is 4.54. The summed E-state index contributed by atoms with van der Waals surface area (Å²) in [6.07, 6.45) is 2.94. The van der Waals surface area contributed by atoms with Crippen LogP contribution in [0.25, 0.3) is 23.2 Å². The third-order valence-electron chi connectivity index (χ3n) is 4.19. The van der Waals surface area contributed by atoms with Gasteiger partial charge in [0.15, 0.2) is 21.4 Å². The zero-order valence-electron chi connectivity index (χ0n) is 17.2. The minimum Gasteiger partial charge on any atom is -0.443 e. The molecule has 0 saturated carbocycles. The molecule has 30 heavy (non-hydrogen) atoms. The number of oxazole rings is 2. The van der Waals surface area contributed by atoms with Crippen LogP contribution in [-0.4, -0.2) is 19.9 Å². The van der Waals surface area contributed by atoms with Crippen molar-refractivity contribution in [3.63, 3.8) is 0 Å². The van der Waals surface area contributed by atoms with Crippen LogP contribution in [0.4, 0.5) is 5.69 Å². The van der Waals surface area contributed by atoms with Crippen LogP contribution in [0.1, 0.15) is 52.9 Å². The molecule has 0 amide bonds. The Bertz CT molecular complexity index is 1020. The Morgan fingerprint density at radius 2 is 1.20 bits per heavy atom. The van der Waals surface area contributed by atoms with Gasteiger partial charge in [-0.05, 0) is 0 Å². The van der Waals surface area contributed by atoms with Gasteiger partial charge in [0.05, 0.1) is 16.3 Å². The Balaban J connectivity index is 0.00000320. The Morgan fingerprint density at radius 1 is 0.833 bits per heavy atom. The van der Waals surface area contributed by atoms with Gasteiger partial charge in [-0.25, -0.2) is 15.0 Å². The predicted molar refractivity (Wildman–Crippen MR) is 109 cm³/mol. The quantitative estimate of drug-likeness (QED) is 0.313. The minimum atomic E-state index is -0.680. The normalized spacial score (nSPS) is 12.0. The van der Waals surface area contributed by atoms with Crippen molar-refractivity contribution in [3.05, 3.63) is 44.1 Å². The largest absolute Gasteiger partial charge is 0.443 e. The molecule has 0 fully saturated rings. The number of hydrogen-bond acceptors (Lipinski definition) is 7. The average Bonchev–Trinajstić information content (AvgIpc) is 3.23. The molecule has 0 aliphatic heterocycles. The van der Waals surface area contributed by atoms with Gasteiger partial charge in [-0.15, -0.1) is 0 Å². The topological polar surface area (TPSA) is 108 Å². The summed E-state index contributed by atoms with van der Waals surface area (Å²) in [6, 6.07) is 0. The number of rotatable bonds is 3. The van der Waals surface area contributed by atoms with Crippen LogP contribution in [0.15, 0.2) is 21.4 Å². The summed E-state index contributed by atoms with van der Waals surface area (Å²) >= 11 is 12.5. The smallest absolute Gasteiger partial charge is 0.311 e. The van der Waals surface area contributed by atoms with Crippen molar-refractivity contribution in [2.45, 2.75) is 52.4 Å². The Morgan fingerprint density at radius 3 is 1.47 bits per heavy atom. The second-order valence-corrected chi connectivity index (χ2v) is 9.37. The summed E-state index contributed by atoms with van der Waals surface area (Å²) in [5.41, 5.74) is 0.178. The van der Waals surface area contributed by atoms with Crippen molar-refractivity contribution < 1.29 is 30.5 Å². The fourth-order valence-corrected chi connectivity index (χ4v) is 3.05. The van der Waals surface area contributed by atoms with Gasteiger partial charge in [0.1, 0.15) is 12.5 Å². The summed E-state index contributed by atoms with van der Waals surface area (Å²) in [5.74, 6) is 0.0899. The van der Waals surface area contributed by atoms with Crippen molar-refractivity contribution in [3.8, 4) is 23.2 Å². The molecule has 0 spiro atoms. The van der Waals surface area contributed by atoms with E-state index in [4.69, 9.17) is 32.0 Å². The SMILES string of the molecule is CC(C)(C)c1coc(-c2nc(-c3nc(C(C)(C)C)co3)c(Cl)c([N+](=O)[O-])c2Cl)n1.[Co]. The summed E-state index contributed by atoms with van der Waals surface area (Å²) in [4.78, 5) is 24.1. The number of nitrogens with zero attached hydrogens (tertiary/aromatic N) is 4. The predicted octanol–water partition coefficient (Wildman–Crippen LogP) is 6.20. The number of nitro groups is 1. The molecule has 0 aromatic carbocycles. The van der Waals surface area contributed by atoms with Crippen LogP contribution in [-0.2, 0) is 27.6 Å². The van der Waals surface area contributed by atoms with Gasteiger partial charge in [0.25, 0.3) is 0 Å². The van der Waals surface area contributed by atoms with E-state index in [1.54, 1.807) is 0 Å². The van der Waals surface area contributed by atoms with Crippen molar-refractivity contribution in [1.29, 1.82) is 0 Å². The fourth-order valence-electron chi connectivity index (χ4n) is 2.43. The minimum absolute atomic E-state index is 0. The maximum atomic E-state index is 11.6. The number of pyridine rings is 1. The molecule has 0 N–H and O–H groups in total. The van der Waals surface area contributed by atoms with Gasteiger partial charge in [-0.1, -0.05) is 64.7 Å². The first-order valence-corrected chi connectivity index (χ1v) is 9.52. The molecule has 3 aromatic rings. The van der Waals surface area contributed by atoms with Gasteiger partial charge in [-0.2, -0.15) is 0 Å². The molecule has 0 aliphatic carbocycles. The molecule has 1 radical (unpaired) electrons. The molecule has 8 nitrogen and oxygen atoms in total. The Hall–Kier alpha value is -1.94. The first kappa shape index (κ1) is 24.3. The zero-order valence-corrected chi connectivity index (χ0v) is 19.7. The molecule has 0 bridgehead atoms. The van der Waals surface area contributed by atoms with Crippen LogP contribution in [0, 0.1) is 10.1 Å². The zero-order chi connectivity index (χ0) is 21.7. The molecule has 3 heterocycles. The van der Waals surface area contributed by atoms with E-state index in [0.717, 1.165) is 0 Å². The number of aromatic nitrogens is 3. The molecule has 0 saturated heterocycles. The summed E-state index contributed by atoms with van der Waals surface area (Å²) in [7, 11) is 0. The molecule has 0 aliphatic rings. The van der Waals surface area contributed by atoms with Gasteiger partial charge >= 0.3 is 5.69 Å². The Kier molecular flexibility index (Phi) is 6.73. The molecule has 163 valence electrons. The van der Waals surface area contributed by atoms with Crippen LogP contribution in [0.3, 0.4) is 0 Å². The van der Waals surface area contributed by atoms with E-state index in [-0.39, 0.29) is 60.8 Å². The number of halogens is 2. The third-order valence-corrected chi connectivity index (χ3v) is 4.90. The summed E-state index contributed by atoms with van der Waals surface area (Å²) in [5, 5.41) is 11.1. The second-order valence-electron chi connectivity index (χ2n) is 8.62. The van der Waals surface area contributed by atoms with E-state index >= 15 is 0 Å². The summed E-state index contributed by atoms with van der Waals surface area (Å²) in [6.45, 7) is 11.8. The van der Waals surface area contributed by atoms with Gasteiger partial charge in [-0.3, -0.25) is 10.1 Å². The molecule has 11 heteroatoms. The van der Waals surface area contributed by atoms with Crippen molar-refractivity contribution in [1.82, 2.24) is 15.0 Å². The van der Waals surface area contributed by atoms with Crippen LogP contribution in [0.5, 0.6) is 0 Å². The second kappa shape index (κ2) is 8.30. The van der Waals surface area contributed by atoms with Gasteiger partial charge in [0.2, 0.25) is 11.8 Å². The van der Waals surface area contributed by atoms with Crippen LogP contribution < -0.4 is 0 Å². The van der Waals surface area contributed by atoms with E-state index < -0.39 is 10.6 Å². The Labute approximate surface area is 193 Å². The molecule has 0 unspecified atom stereocenters. The van der Waals surface area contributed by atoms with Gasteiger partial charge < -0.3 is 8.83 Å². The maximum absolute atomic E-state index is 11.6. The van der Waals surface area contributed by atoms with Crippen molar-refractivity contribution in [2.75, 3.05) is 0 Å². The monoisotopic (exact) mass is 497 g/mol. The molecular formula is C19H20Cl2CoN4O4. The van der Waals surface area contributed by atoms with E-state index in [1.165, 1.54) is 12.5 Å². The molecule has 3 rings (SSSR count). The standard InChI is InChI=1S/C19H20Cl2N4O4.Co/c1-18(2,3)9-7-28-16(22-9)13-11(20)15(25(26)27)12(21)14(24-13)17-23-10(8-29-17)19(4,5)6;/h7-8H,1-6H3;. The van der Waals surface area contributed by atoms with Crippen molar-refractivity contribution in [2.24, 2.45) is 0 Å². The maximum Gasteiger partial charge on any atom is 0.311 e. The molecule has 0 atom stereocenters. The van der Waals surface area contributed by atoms with Crippen LogP contribution in [0.2, 0.25) is 10.0 Å². The van der Waals surface area contributed by atoms with E-state index in [0.29, 0.717) is 11.4 Å². The van der Waals surface area contributed by atoms with Crippen molar-refractivity contribution >= 4 is 28.9 Å². The first-order valence-electron chi connectivity index (χ1n) is 8.77. The first-order chi connectivity index (χ1) is 13.3. The number of hydrogen-bond donors (Lipinski definition) is 0. The average molecular weight is 498 g/mol. The summed E-state index contributed by atoms with van der Waals surface area (Å²) < 4.78 is 11.0. The van der Waals surface area contributed by atoms with E-state index in [2.05, 4.69) is 15.0 Å². The van der Waals surface area contributed by atoms with E-state index in [9.17, 15) is 10.1 Å².